The predicted molar refractivity (Wildman–Crippen MR) is 259 cm³/mol. The fourth-order valence-electron chi connectivity index (χ4n) is 6.91. The zero-order chi connectivity index (χ0) is 48.0. The molecule has 6 rings (SSSR count). The monoisotopic (exact) mass is 949 g/mol. The number of ether oxygens (including phenoxy) is 4. The van der Waals surface area contributed by atoms with Gasteiger partial charge in [0.2, 0.25) is 5.91 Å². The van der Waals surface area contributed by atoms with Gasteiger partial charge in [-0.2, -0.15) is 5.11 Å². The van der Waals surface area contributed by atoms with Gasteiger partial charge in [0.25, 0.3) is 11.8 Å². The van der Waals surface area contributed by atoms with E-state index in [0.29, 0.717) is 101 Å². The maximum atomic E-state index is 13.6. The van der Waals surface area contributed by atoms with Crippen LogP contribution in [-0.2, 0) is 45.1 Å². The molecule has 3 amide bonds. The van der Waals surface area contributed by atoms with Crippen molar-refractivity contribution in [2.75, 3.05) is 66.3 Å². The molecule has 0 saturated heterocycles. The van der Waals surface area contributed by atoms with Crippen LogP contribution in [0.5, 0.6) is 5.75 Å². The summed E-state index contributed by atoms with van der Waals surface area (Å²) in [7, 11) is -2.10. The highest BCUT2D eigenvalue weighted by atomic mass is 32.3. The number of aromatic nitrogens is 2. The zero-order valence-corrected chi connectivity index (χ0v) is 38.9. The van der Waals surface area contributed by atoms with Crippen molar-refractivity contribution in [2.24, 2.45) is 10.2 Å². The van der Waals surface area contributed by atoms with Crippen molar-refractivity contribution < 1.29 is 47.0 Å². The molecule has 5 N–H and O–H groups in total. The molecule has 17 nitrogen and oxygen atoms in total. The highest BCUT2D eigenvalue weighted by molar-refractivity contribution is 8.19. The first-order chi connectivity index (χ1) is 33.0. The van der Waals surface area contributed by atoms with Crippen LogP contribution in [0.4, 0.5) is 5.82 Å². The van der Waals surface area contributed by atoms with Crippen LogP contribution < -0.4 is 15.4 Å². The second kappa shape index (κ2) is 26.7. The van der Waals surface area contributed by atoms with E-state index in [9.17, 15) is 28.0 Å². The highest BCUT2D eigenvalue weighted by Crippen LogP contribution is 2.45. The van der Waals surface area contributed by atoms with Crippen LogP contribution in [0.25, 0.3) is 10.9 Å². The first-order valence-electron chi connectivity index (χ1n) is 22.3. The second-order valence-electron chi connectivity index (χ2n) is 15.6. The Kier molecular flexibility index (Phi) is 20.0. The molecule has 0 bridgehead atoms. The topological polar surface area (TPSA) is 219 Å². The molecule has 0 spiro atoms. The SMILES string of the molecule is CN(CCc1ccccc1)C(=O)Cn1c(C(=O)NCCCOCCOCCOCCCNC(=O)c2ccc(N=NCc3ccccc3S(O)(O)O)nc2)cc2cc(OCc3ccccc3)ccc21. The van der Waals surface area contributed by atoms with Crippen molar-refractivity contribution in [2.45, 2.75) is 43.9 Å². The highest BCUT2D eigenvalue weighted by Gasteiger charge is 2.21. The molecule has 0 atom stereocenters. The lowest BCUT2D eigenvalue weighted by molar-refractivity contribution is -0.130. The van der Waals surface area contributed by atoms with Crippen molar-refractivity contribution in [1.29, 1.82) is 0 Å². The van der Waals surface area contributed by atoms with Crippen molar-refractivity contribution in [1.82, 2.24) is 25.1 Å². The molecule has 0 aliphatic carbocycles. The van der Waals surface area contributed by atoms with Crippen LogP contribution in [-0.4, -0.2) is 112 Å². The second-order valence-corrected chi connectivity index (χ2v) is 17.1. The molecular weight excluding hydrogens is 891 g/mol. The summed E-state index contributed by atoms with van der Waals surface area (Å²) in [5, 5.41) is 14.6. The summed E-state index contributed by atoms with van der Waals surface area (Å²) >= 11 is 0. The van der Waals surface area contributed by atoms with Gasteiger partial charge in [0.1, 0.15) is 35.5 Å². The average Bonchev–Trinajstić information content (AvgIpc) is 3.71. The average molecular weight is 950 g/mol. The van der Waals surface area contributed by atoms with Gasteiger partial charge in [0, 0.05) is 57.0 Å². The van der Waals surface area contributed by atoms with Crippen LogP contribution in [0, 0.1) is 0 Å². The molecule has 0 aliphatic heterocycles. The van der Waals surface area contributed by atoms with Crippen LogP contribution in [0.15, 0.2) is 143 Å². The Balaban J connectivity index is 0.831. The van der Waals surface area contributed by atoms with E-state index in [1.165, 1.54) is 12.3 Å². The molecule has 0 fully saturated rings. The fraction of sp³-hybridized carbons (Fsp3) is 0.320. The molecule has 4 aromatic carbocycles. The summed E-state index contributed by atoms with van der Waals surface area (Å²) in [6, 6.07) is 36.8. The van der Waals surface area contributed by atoms with E-state index in [1.807, 2.05) is 78.9 Å². The van der Waals surface area contributed by atoms with Crippen LogP contribution >= 0.6 is 10.9 Å². The molecule has 2 heterocycles. The molecule has 360 valence electrons. The number of benzene rings is 4. The van der Waals surface area contributed by atoms with Crippen LogP contribution in [0.2, 0.25) is 0 Å². The lowest BCUT2D eigenvalue weighted by Gasteiger charge is -2.21. The summed E-state index contributed by atoms with van der Waals surface area (Å²) < 4.78 is 53.6. The van der Waals surface area contributed by atoms with Gasteiger partial charge in [-0.05, 0) is 78.4 Å². The number of carbonyl (C=O) groups is 3. The van der Waals surface area contributed by atoms with E-state index in [2.05, 4.69) is 25.8 Å². The van der Waals surface area contributed by atoms with E-state index in [1.54, 1.807) is 52.9 Å². The van der Waals surface area contributed by atoms with Crippen molar-refractivity contribution in [3.63, 3.8) is 0 Å². The van der Waals surface area contributed by atoms with Crippen molar-refractivity contribution in [3.05, 3.63) is 155 Å². The minimum absolute atomic E-state index is 0.00317. The number of carbonyl (C=O) groups excluding carboxylic acids is 3. The predicted octanol–water partition coefficient (Wildman–Crippen LogP) is 8.17. The number of hydrogen-bond acceptors (Lipinski definition) is 13. The first kappa shape index (κ1) is 50.9. The Morgan fingerprint density at radius 2 is 1.35 bits per heavy atom. The largest absolute Gasteiger partial charge is 0.489 e. The Labute approximate surface area is 397 Å². The number of hydrogen-bond donors (Lipinski definition) is 5. The molecule has 2 aromatic heterocycles. The third-order valence-electron chi connectivity index (χ3n) is 10.6. The van der Waals surface area contributed by atoms with Crippen molar-refractivity contribution >= 4 is 45.3 Å². The van der Waals surface area contributed by atoms with Gasteiger partial charge in [-0.25, -0.2) is 4.98 Å². The Morgan fingerprint density at radius 1 is 0.721 bits per heavy atom. The zero-order valence-electron chi connectivity index (χ0n) is 38.1. The molecule has 0 unspecified atom stereocenters. The Bertz CT molecular complexity index is 2540. The molecule has 0 saturated carbocycles. The summed E-state index contributed by atoms with van der Waals surface area (Å²) in [6.45, 7) is 4.16. The van der Waals surface area contributed by atoms with Gasteiger partial charge in [-0.15, -0.1) is 5.11 Å². The molecule has 18 heteroatoms. The van der Waals surface area contributed by atoms with Gasteiger partial charge in [-0.3, -0.25) is 14.4 Å². The maximum absolute atomic E-state index is 13.6. The number of fused-ring (bicyclic) bond motifs is 1. The third kappa shape index (κ3) is 16.4. The summed E-state index contributed by atoms with van der Waals surface area (Å²) in [5.41, 5.74) is 4.11. The molecule has 68 heavy (non-hydrogen) atoms. The van der Waals surface area contributed by atoms with E-state index in [-0.39, 0.29) is 41.5 Å². The minimum Gasteiger partial charge on any atom is -0.489 e. The number of amides is 3. The number of nitrogens with one attached hydrogen (secondary N) is 2. The van der Waals surface area contributed by atoms with E-state index in [0.717, 1.165) is 28.5 Å². The van der Waals surface area contributed by atoms with Crippen LogP contribution in [0.3, 0.4) is 0 Å². The van der Waals surface area contributed by atoms with Gasteiger partial charge in [-0.1, -0.05) is 78.9 Å². The molecule has 0 aliphatic rings. The minimum atomic E-state index is -3.89. The Hall–Kier alpha value is -6.51. The lowest BCUT2D eigenvalue weighted by atomic mass is 10.1. The number of pyridine rings is 1. The van der Waals surface area contributed by atoms with E-state index in [4.69, 9.17) is 18.9 Å². The molecular formula is C50H59N7O10S. The standard InChI is InChI=1S/C50H59N7O10S/c1-56(25-22-38-12-4-2-5-13-38)48(58)36-57-44-20-19-43(67-37-39-14-6-3-7-15-39)32-42(44)33-45(57)50(60)52-24-11-27-65-29-31-66-30-28-64-26-10-23-51-49(59)41-18-21-47(53-34-41)55-54-35-40-16-8-9-17-46(40)68(61,62)63/h2-9,12-21,32-34,61-63H,10-11,22-31,35-37H2,1H3,(H,51,59)(H,52,60). The maximum Gasteiger partial charge on any atom is 0.267 e. The molecule has 6 aromatic rings. The fourth-order valence-corrected chi connectivity index (χ4v) is 7.66. The van der Waals surface area contributed by atoms with Crippen molar-refractivity contribution in [3.8, 4) is 5.75 Å². The normalized spacial score (nSPS) is 11.8. The summed E-state index contributed by atoms with van der Waals surface area (Å²) in [4.78, 5) is 45.4. The van der Waals surface area contributed by atoms with Gasteiger partial charge < -0.3 is 52.7 Å². The van der Waals surface area contributed by atoms with E-state index < -0.39 is 10.9 Å². The number of azo groups is 1. The van der Waals surface area contributed by atoms with Gasteiger partial charge in [0.15, 0.2) is 5.82 Å². The number of nitrogens with zero attached hydrogens (tertiary/aromatic N) is 5. The van der Waals surface area contributed by atoms with Crippen LogP contribution in [0.1, 0.15) is 50.4 Å². The number of likely N-dealkylation sites (N-methyl/N-ethyl adjacent to an activating group) is 1. The third-order valence-corrected chi connectivity index (χ3v) is 11.6. The quantitative estimate of drug-likeness (QED) is 0.0233. The van der Waals surface area contributed by atoms with Gasteiger partial charge in [0.05, 0.1) is 43.4 Å². The Morgan fingerprint density at radius 3 is 2.01 bits per heavy atom. The first-order valence-corrected chi connectivity index (χ1v) is 23.8. The lowest BCUT2D eigenvalue weighted by Crippen LogP contribution is -2.34. The van der Waals surface area contributed by atoms with Gasteiger partial charge >= 0.3 is 0 Å². The summed E-state index contributed by atoms with van der Waals surface area (Å²) in [6.07, 6.45) is 3.30. The van der Waals surface area contributed by atoms with E-state index >= 15 is 0 Å². The smallest absolute Gasteiger partial charge is 0.267 e. The molecule has 0 radical (unpaired) electrons. The number of rotatable bonds is 28. The summed E-state index contributed by atoms with van der Waals surface area (Å²) in [5.74, 6) is 0.252.